The maximum atomic E-state index is 13.6. The number of benzene rings is 2. The van der Waals surface area contributed by atoms with E-state index in [1.807, 2.05) is 24.3 Å². The minimum Gasteiger partial charge on any atom is -0.491 e. The van der Waals surface area contributed by atoms with Crippen LogP contribution in [0.2, 0.25) is 5.02 Å². The summed E-state index contributed by atoms with van der Waals surface area (Å²) in [7, 11) is 1.63. The van der Waals surface area contributed by atoms with Crippen molar-refractivity contribution in [2.75, 3.05) is 25.6 Å². The zero-order chi connectivity index (χ0) is 15.1. The van der Waals surface area contributed by atoms with Gasteiger partial charge in [-0.05, 0) is 42.5 Å². The number of hydrogen-bond acceptors (Lipinski definition) is 3. The lowest BCUT2D eigenvalue weighted by molar-refractivity contribution is 0.146. The third-order valence-corrected chi connectivity index (χ3v) is 3.14. The predicted octanol–water partition coefficient (Wildman–Crippen LogP) is 4.12. The molecule has 5 heteroatoms. The molecule has 0 aliphatic rings. The van der Waals surface area contributed by atoms with Gasteiger partial charge in [-0.3, -0.25) is 0 Å². The highest BCUT2D eigenvalue weighted by atomic mass is 35.5. The third-order valence-electron chi connectivity index (χ3n) is 2.90. The lowest BCUT2D eigenvalue weighted by Crippen LogP contribution is -2.04. The van der Waals surface area contributed by atoms with Crippen LogP contribution in [-0.2, 0) is 11.3 Å². The molecule has 0 heterocycles. The van der Waals surface area contributed by atoms with E-state index < -0.39 is 0 Å². The van der Waals surface area contributed by atoms with Crippen LogP contribution >= 0.6 is 11.6 Å². The molecular formula is C16H17ClFNO2. The molecule has 0 radical (unpaired) electrons. The first-order chi connectivity index (χ1) is 10.2. The molecule has 112 valence electrons. The van der Waals surface area contributed by atoms with Gasteiger partial charge in [0, 0.05) is 29.9 Å². The van der Waals surface area contributed by atoms with Crippen LogP contribution in [0.25, 0.3) is 0 Å². The van der Waals surface area contributed by atoms with Crippen molar-refractivity contribution in [2.45, 2.75) is 6.54 Å². The minimum atomic E-state index is -0.272. The third kappa shape index (κ3) is 4.92. The van der Waals surface area contributed by atoms with Gasteiger partial charge < -0.3 is 14.8 Å². The molecule has 21 heavy (non-hydrogen) atoms. The SMILES string of the molecule is COCCOc1ccc(NCc2cc(Cl)ccc2F)cc1. The van der Waals surface area contributed by atoms with Crippen LogP contribution in [0.3, 0.4) is 0 Å². The van der Waals surface area contributed by atoms with E-state index in [0.29, 0.717) is 30.3 Å². The van der Waals surface area contributed by atoms with E-state index in [9.17, 15) is 4.39 Å². The molecule has 0 fully saturated rings. The van der Waals surface area contributed by atoms with Crippen LogP contribution in [0.15, 0.2) is 42.5 Å². The molecule has 0 unspecified atom stereocenters. The number of hydrogen-bond donors (Lipinski definition) is 1. The summed E-state index contributed by atoms with van der Waals surface area (Å²) in [6.07, 6.45) is 0. The highest BCUT2D eigenvalue weighted by Gasteiger charge is 2.03. The predicted molar refractivity (Wildman–Crippen MR) is 82.5 cm³/mol. The number of methoxy groups -OCH3 is 1. The molecule has 2 aromatic rings. The minimum absolute atomic E-state index is 0.272. The lowest BCUT2D eigenvalue weighted by atomic mass is 10.2. The zero-order valence-corrected chi connectivity index (χ0v) is 12.5. The largest absolute Gasteiger partial charge is 0.491 e. The number of rotatable bonds is 7. The second-order valence-corrected chi connectivity index (χ2v) is 4.89. The molecule has 2 rings (SSSR count). The molecule has 3 nitrogen and oxygen atoms in total. The molecule has 0 spiro atoms. The quantitative estimate of drug-likeness (QED) is 0.781. The van der Waals surface area contributed by atoms with Gasteiger partial charge in [0.05, 0.1) is 6.61 Å². The molecule has 0 aliphatic carbocycles. The molecular weight excluding hydrogens is 293 g/mol. The van der Waals surface area contributed by atoms with Crippen LogP contribution in [0.4, 0.5) is 10.1 Å². The van der Waals surface area contributed by atoms with Crippen molar-refractivity contribution in [1.82, 2.24) is 0 Å². The van der Waals surface area contributed by atoms with E-state index in [-0.39, 0.29) is 5.82 Å². The highest BCUT2D eigenvalue weighted by Crippen LogP contribution is 2.19. The second-order valence-electron chi connectivity index (χ2n) is 4.45. The zero-order valence-electron chi connectivity index (χ0n) is 11.7. The van der Waals surface area contributed by atoms with E-state index in [2.05, 4.69) is 5.32 Å². The molecule has 0 atom stereocenters. The van der Waals surface area contributed by atoms with Crippen molar-refractivity contribution in [3.05, 3.63) is 58.9 Å². The van der Waals surface area contributed by atoms with Crippen molar-refractivity contribution >= 4 is 17.3 Å². The van der Waals surface area contributed by atoms with Crippen molar-refractivity contribution in [3.63, 3.8) is 0 Å². The van der Waals surface area contributed by atoms with Crippen molar-refractivity contribution in [1.29, 1.82) is 0 Å². The highest BCUT2D eigenvalue weighted by molar-refractivity contribution is 6.30. The number of anilines is 1. The van der Waals surface area contributed by atoms with E-state index in [1.54, 1.807) is 13.2 Å². The molecule has 1 N–H and O–H groups in total. The summed E-state index contributed by atoms with van der Waals surface area (Å²) in [6, 6.07) is 12.0. The van der Waals surface area contributed by atoms with Crippen LogP contribution in [0.1, 0.15) is 5.56 Å². The Morgan fingerprint density at radius 1 is 1.10 bits per heavy atom. The smallest absolute Gasteiger partial charge is 0.128 e. The average Bonchev–Trinajstić information content (AvgIpc) is 2.50. The summed E-state index contributed by atoms with van der Waals surface area (Å²) in [5, 5.41) is 3.67. The Kier molecular flexibility index (Phi) is 5.84. The van der Waals surface area contributed by atoms with Gasteiger partial charge in [-0.1, -0.05) is 11.6 Å². The summed E-state index contributed by atoms with van der Waals surface area (Å²) in [4.78, 5) is 0. The normalized spacial score (nSPS) is 10.4. The Labute approximate surface area is 128 Å². The Bertz CT molecular complexity index is 575. The summed E-state index contributed by atoms with van der Waals surface area (Å²) < 4.78 is 24.0. The number of nitrogens with one attached hydrogen (secondary N) is 1. The fourth-order valence-corrected chi connectivity index (χ4v) is 1.98. The van der Waals surface area contributed by atoms with Crippen LogP contribution < -0.4 is 10.1 Å². The number of halogens is 2. The van der Waals surface area contributed by atoms with Gasteiger partial charge in [0.25, 0.3) is 0 Å². The molecule has 0 aromatic heterocycles. The molecule has 0 aliphatic heterocycles. The van der Waals surface area contributed by atoms with E-state index >= 15 is 0 Å². The van der Waals surface area contributed by atoms with Gasteiger partial charge in [-0.15, -0.1) is 0 Å². The Hall–Kier alpha value is -1.78. The Morgan fingerprint density at radius 2 is 1.86 bits per heavy atom. The van der Waals surface area contributed by atoms with Gasteiger partial charge in [0.1, 0.15) is 18.2 Å². The fraction of sp³-hybridized carbons (Fsp3) is 0.250. The topological polar surface area (TPSA) is 30.5 Å². The van der Waals surface area contributed by atoms with Crippen LogP contribution in [-0.4, -0.2) is 20.3 Å². The molecule has 0 saturated heterocycles. The molecule has 2 aromatic carbocycles. The standard InChI is InChI=1S/C16H17ClFNO2/c1-20-8-9-21-15-5-3-14(4-6-15)19-11-12-10-13(17)2-7-16(12)18/h2-7,10,19H,8-9,11H2,1H3. The van der Waals surface area contributed by atoms with Gasteiger partial charge in [-0.2, -0.15) is 0 Å². The summed E-state index contributed by atoms with van der Waals surface area (Å²) in [5.41, 5.74) is 1.41. The van der Waals surface area contributed by atoms with Crippen molar-refractivity contribution in [2.24, 2.45) is 0 Å². The first-order valence-electron chi connectivity index (χ1n) is 6.58. The average molecular weight is 310 g/mol. The first kappa shape index (κ1) is 15.6. The van der Waals surface area contributed by atoms with Crippen molar-refractivity contribution < 1.29 is 13.9 Å². The van der Waals surface area contributed by atoms with Gasteiger partial charge >= 0.3 is 0 Å². The summed E-state index contributed by atoms with van der Waals surface area (Å²) in [6.45, 7) is 1.43. The Morgan fingerprint density at radius 3 is 2.57 bits per heavy atom. The van der Waals surface area contributed by atoms with Crippen LogP contribution in [0.5, 0.6) is 5.75 Å². The van der Waals surface area contributed by atoms with Gasteiger partial charge in [0.2, 0.25) is 0 Å². The Balaban J connectivity index is 1.90. The molecule has 0 saturated carbocycles. The van der Waals surface area contributed by atoms with E-state index in [4.69, 9.17) is 21.1 Å². The van der Waals surface area contributed by atoms with E-state index in [1.165, 1.54) is 12.1 Å². The summed E-state index contributed by atoms with van der Waals surface area (Å²) in [5.74, 6) is 0.498. The van der Waals surface area contributed by atoms with Crippen LogP contribution in [0, 0.1) is 5.82 Å². The summed E-state index contributed by atoms with van der Waals surface area (Å²) >= 11 is 5.86. The van der Waals surface area contributed by atoms with Gasteiger partial charge in [0.15, 0.2) is 0 Å². The lowest BCUT2D eigenvalue weighted by Gasteiger charge is -2.09. The van der Waals surface area contributed by atoms with Gasteiger partial charge in [-0.25, -0.2) is 4.39 Å². The first-order valence-corrected chi connectivity index (χ1v) is 6.96. The van der Waals surface area contributed by atoms with E-state index in [0.717, 1.165) is 11.4 Å². The maximum absolute atomic E-state index is 13.6. The number of ether oxygens (including phenoxy) is 2. The molecule has 0 bridgehead atoms. The maximum Gasteiger partial charge on any atom is 0.128 e. The monoisotopic (exact) mass is 309 g/mol. The second kappa shape index (κ2) is 7.86. The molecule has 0 amide bonds. The van der Waals surface area contributed by atoms with Crippen molar-refractivity contribution in [3.8, 4) is 5.75 Å². The fourth-order valence-electron chi connectivity index (χ4n) is 1.79.